The molecule has 0 saturated carbocycles. The van der Waals surface area contributed by atoms with E-state index in [1.54, 1.807) is 0 Å². The maximum atomic E-state index is 4.64. The third-order valence-electron chi connectivity index (χ3n) is 3.24. The van der Waals surface area contributed by atoms with Gasteiger partial charge in [-0.15, -0.1) is 0 Å². The summed E-state index contributed by atoms with van der Waals surface area (Å²) in [5.74, 6) is 0. The van der Waals surface area contributed by atoms with Crippen molar-refractivity contribution < 1.29 is 0 Å². The van der Waals surface area contributed by atoms with Crippen molar-refractivity contribution in [3.8, 4) is 5.69 Å². The van der Waals surface area contributed by atoms with Crippen LogP contribution in [0.3, 0.4) is 0 Å². The normalized spacial score (nSPS) is 11.3. The smallest absolute Gasteiger partial charge is 0.0766 e. The Morgan fingerprint density at radius 1 is 1.20 bits per heavy atom. The van der Waals surface area contributed by atoms with E-state index in [-0.39, 0.29) is 0 Å². The van der Waals surface area contributed by atoms with Gasteiger partial charge in [0.05, 0.1) is 11.4 Å². The van der Waals surface area contributed by atoms with Gasteiger partial charge in [0.15, 0.2) is 0 Å². The minimum absolute atomic E-state index is 0.462. The molecule has 4 nitrogen and oxygen atoms in total. The van der Waals surface area contributed by atoms with E-state index in [9.17, 15) is 0 Å². The summed E-state index contributed by atoms with van der Waals surface area (Å²) in [4.78, 5) is 4.16. The van der Waals surface area contributed by atoms with Crippen LogP contribution in [0.2, 0.25) is 0 Å². The van der Waals surface area contributed by atoms with Gasteiger partial charge >= 0.3 is 0 Å². The predicted molar refractivity (Wildman–Crippen MR) is 80.8 cm³/mol. The van der Waals surface area contributed by atoms with Crippen molar-refractivity contribution in [2.75, 3.05) is 0 Å². The summed E-state index contributed by atoms with van der Waals surface area (Å²) >= 11 is 0. The maximum Gasteiger partial charge on any atom is 0.0766 e. The molecule has 0 atom stereocenters. The maximum absolute atomic E-state index is 4.64. The van der Waals surface area contributed by atoms with Crippen molar-refractivity contribution in [1.82, 2.24) is 20.1 Å². The van der Waals surface area contributed by atoms with Crippen LogP contribution in [0.1, 0.15) is 19.5 Å². The fraction of sp³-hybridized carbons (Fsp3) is 0.250. The molecule has 102 valence electrons. The molecule has 0 saturated heterocycles. The SMILES string of the molecule is CC(C)NCc1ccn(-c2cccc3cnccc23)n1. The predicted octanol–water partition coefficient (Wildman–Crippen LogP) is 2.92. The Labute approximate surface area is 118 Å². The number of hydrogen-bond donors (Lipinski definition) is 1. The van der Waals surface area contributed by atoms with Gasteiger partial charge in [0.25, 0.3) is 0 Å². The number of pyridine rings is 1. The van der Waals surface area contributed by atoms with E-state index in [4.69, 9.17) is 0 Å². The van der Waals surface area contributed by atoms with Crippen molar-refractivity contribution >= 4 is 10.8 Å². The Bertz CT molecular complexity index is 710. The number of fused-ring (bicyclic) bond motifs is 1. The molecule has 1 aromatic carbocycles. The van der Waals surface area contributed by atoms with Crippen LogP contribution in [-0.2, 0) is 6.54 Å². The highest BCUT2D eigenvalue weighted by molar-refractivity contribution is 5.89. The first-order valence-electron chi connectivity index (χ1n) is 6.85. The lowest BCUT2D eigenvalue weighted by molar-refractivity contribution is 0.578. The van der Waals surface area contributed by atoms with Crippen LogP contribution < -0.4 is 5.32 Å². The molecule has 0 unspecified atom stereocenters. The first-order chi connectivity index (χ1) is 9.74. The molecule has 20 heavy (non-hydrogen) atoms. The molecule has 4 heteroatoms. The third-order valence-corrected chi connectivity index (χ3v) is 3.24. The highest BCUT2D eigenvalue weighted by Crippen LogP contribution is 2.20. The molecule has 0 spiro atoms. The number of hydrogen-bond acceptors (Lipinski definition) is 3. The lowest BCUT2D eigenvalue weighted by Gasteiger charge is -2.07. The van der Waals surface area contributed by atoms with Crippen molar-refractivity contribution in [1.29, 1.82) is 0 Å². The van der Waals surface area contributed by atoms with Crippen LogP contribution in [0.25, 0.3) is 16.5 Å². The molecule has 2 aromatic heterocycles. The van der Waals surface area contributed by atoms with Crippen LogP contribution in [0, 0.1) is 0 Å². The number of benzene rings is 1. The van der Waals surface area contributed by atoms with Crippen molar-refractivity contribution in [2.45, 2.75) is 26.4 Å². The minimum Gasteiger partial charge on any atom is -0.309 e. The summed E-state index contributed by atoms with van der Waals surface area (Å²) in [6.45, 7) is 5.06. The van der Waals surface area contributed by atoms with Gasteiger partial charge in [-0.25, -0.2) is 4.68 Å². The molecule has 0 amide bonds. The topological polar surface area (TPSA) is 42.7 Å². The van der Waals surface area contributed by atoms with E-state index in [1.807, 2.05) is 35.4 Å². The van der Waals surface area contributed by atoms with E-state index >= 15 is 0 Å². The highest BCUT2D eigenvalue weighted by Gasteiger charge is 2.05. The molecule has 3 rings (SSSR count). The van der Waals surface area contributed by atoms with Crippen LogP contribution in [-0.4, -0.2) is 20.8 Å². The Kier molecular flexibility index (Phi) is 3.48. The van der Waals surface area contributed by atoms with Crippen molar-refractivity contribution in [2.24, 2.45) is 0 Å². The molecule has 2 heterocycles. The summed E-state index contributed by atoms with van der Waals surface area (Å²) in [6, 6.07) is 10.7. The van der Waals surface area contributed by atoms with Gasteiger partial charge in [-0.2, -0.15) is 5.10 Å². The first-order valence-corrected chi connectivity index (χ1v) is 6.85. The summed E-state index contributed by atoms with van der Waals surface area (Å²) in [5, 5.41) is 10.3. The van der Waals surface area contributed by atoms with Gasteiger partial charge < -0.3 is 5.32 Å². The lowest BCUT2D eigenvalue weighted by atomic mass is 10.1. The average molecular weight is 266 g/mol. The molecule has 0 bridgehead atoms. The molecule has 0 aliphatic heterocycles. The second-order valence-corrected chi connectivity index (χ2v) is 5.16. The van der Waals surface area contributed by atoms with Gasteiger partial charge in [0.1, 0.15) is 0 Å². The molecule has 0 aliphatic carbocycles. The second-order valence-electron chi connectivity index (χ2n) is 5.16. The lowest BCUT2D eigenvalue weighted by Crippen LogP contribution is -2.22. The quantitative estimate of drug-likeness (QED) is 0.789. The molecule has 0 aliphatic rings. The summed E-state index contributed by atoms with van der Waals surface area (Å²) in [7, 11) is 0. The zero-order valence-electron chi connectivity index (χ0n) is 11.7. The van der Waals surface area contributed by atoms with Gasteiger partial charge in [0, 0.05) is 41.9 Å². The molecule has 0 fully saturated rings. The van der Waals surface area contributed by atoms with Crippen LogP contribution in [0.5, 0.6) is 0 Å². The third kappa shape index (κ3) is 2.56. The van der Waals surface area contributed by atoms with Gasteiger partial charge in [-0.1, -0.05) is 26.0 Å². The Hall–Kier alpha value is -2.20. The van der Waals surface area contributed by atoms with Crippen LogP contribution in [0.4, 0.5) is 0 Å². The fourth-order valence-corrected chi connectivity index (χ4v) is 2.20. The number of aromatic nitrogens is 3. The highest BCUT2D eigenvalue weighted by atomic mass is 15.3. The Morgan fingerprint density at radius 2 is 2.10 bits per heavy atom. The van der Waals surface area contributed by atoms with E-state index in [1.165, 1.54) is 0 Å². The fourth-order valence-electron chi connectivity index (χ4n) is 2.20. The Morgan fingerprint density at radius 3 is 2.95 bits per heavy atom. The van der Waals surface area contributed by atoms with Crippen molar-refractivity contribution in [3.05, 3.63) is 54.6 Å². The van der Waals surface area contributed by atoms with E-state index in [0.717, 1.165) is 28.7 Å². The summed E-state index contributed by atoms with van der Waals surface area (Å²) in [6.07, 6.45) is 5.70. The zero-order chi connectivity index (χ0) is 13.9. The monoisotopic (exact) mass is 266 g/mol. The zero-order valence-corrected chi connectivity index (χ0v) is 11.7. The van der Waals surface area contributed by atoms with Gasteiger partial charge in [-0.05, 0) is 18.2 Å². The summed E-state index contributed by atoms with van der Waals surface area (Å²) in [5.41, 5.74) is 2.13. The number of nitrogens with one attached hydrogen (secondary N) is 1. The average Bonchev–Trinajstić information content (AvgIpc) is 2.93. The van der Waals surface area contributed by atoms with E-state index in [2.05, 4.69) is 47.4 Å². The van der Waals surface area contributed by atoms with Gasteiger partial charge in [0.2, 0.25) is 0 Å². The first kappa shape index (κ1) is 12.8. The Balaban J connectivity index is 1.95. The molecule has 0 radical (unpaired) electrons. The number of nitrogens with zero attached hydrogens (tertiary/aromatic N) is 3. The standard InChI is InChI=1S/C16H18N4/c1-12(2)18-11-14-7-9-20(19-14)16-5-3-4-13-10-17-8-6-15(13)16/h3-10,12,18H,11H2,1-2H3. The summed E-state index contributed by atoms with van der Waals surface area (Å²) < 4.78 is 1.93. The van der Waals surface area contributed by atoms with Gasteiger partial charge in [-0.3, -0.25) is 4.98 Å². The number of rotatable bonds is 4. The van der Waals surface area contributed by atoms with E-state index in [0.29, 0.717) is 6.04 Å². The molecular formula is C16H18N4. The van der Waals surface area contributed by atoms with E-state index < -0.39 is 0 Å². The largest absolute Gasteiger partial charge is 0.309 e. The minimum atomic E-state index is 0.462. The molecule has 3 aromatic rings. The second kappa shape index (κ2) is 5.43. The van der Waals surface area contributed by atoms with Crippen LogP contribution in [0.15, 0.2) is 48.9 Å². The molecule has 1 N–H and O–H groups in total. The van der Waals surface area contributed by atoms with Crippen molar-refractivity contribution in [3.63, 3.8) is 0 Å². The van der Waals surface area contributed by atoms with Crippen LogP contribution >= 0.6 is 0 Å². The molecular weight excluding hydrogens is 248 g/mol.